The minimum atomic E-state index is -0.0269. The second-order valence-electron chi connectivity index (χ2n) is 4.62. The highest BCUT2D eigenvalue weighted by Crippen LogP contribution is 2.09. The number of rotatable bonds is 6. The minimum Gasteiger partial charge on any atom is -0.326 e. The van der Waals surface area contributed by atoms with Gasteiger partial charge in [0, 0.05) is 18.1 Å². The second kappa shape index (κ2) is 5.61. The van der Waals surface area contributed by atoms with Gasteiger partial charge in [0.15, 0.2) is 0 Å². The highest BCUT2D eigenvalue weighted by Gasteiger charge is 2.15. The van der Waals surface area contributed by atoms with Gasteiger partial charge >= 0.3 is 0 Å². The van der Waals surface area contributed by atoms with Gasteiger partial charge in [-0.25, -0.2) is 0 Å². The molecule has 0 saturated carbocycles. The summed E-state index contributed by atoms with van der Waals surface area (Å²) in [7, 11) is 0. The fourth-order valence-electron chi connectivity index (χ4n) is 1.38. The van der Waals surface area contributed by atoms with Gasteiger partial charge in [-0.15, -0.1) is 0 Å². The van der Waals surface area contributed by atoms with Gasteiger partial charge in [-0.3, -0.25) is 0 Å². The molecule has 0 amide bonds. The monoisotopic (exact) mass is 186 g/mol. The van der Waals surface area contributed by atoms with Crippen molar-refractivity contribution >= 4 is 0 Å². The van der Waals surface area contributed by atoms with E-state index in [2.05, 4.69) is 39.5 Å². The third-order valence-electron chi connectivity index (χ3n) is 2.66. The van der Waals surface area contributed by atoms with Crippen LogP contribution in [0.25, 0.3) is 0 Å². The lowest BCUT2D eigenvalue weighted by atomic mass is 10.0. The van der Waals surface area contributed by atoms with E-state index < -0.39 is 0 Å². The Morgan fingerprint density at radius 1 is 1.31 bits per heavy atom. The number of hydrogen-bond donors (Lipinski definition) is 1. The Morgan fingerprint density at radius 2 is 1.85 bits per heavy atom. The van der Waals surface area contributed by atoms with Crippen molar-refractivity contribution in [2.75, 3.05) is 13.1 Å². The van der Waals surface area contributed by atoms with Crippen molar-refractivity contribution in [2.24, 2.45) is 5.73 Å². The number of hydrogen-bond acceptors (Lipinski definition) is 2. The zero-order chi connectivity index (χ0) is 10.5. The topological polar surface area (TPSA) is 29.3 Å². The van der Waals surface area contributed by atoms with Crippen LogP contribution in [0.2, 0.25) is 0 Å². The average Bonchev–Trinajstić information content (AvgIpc) is 2.03. The molecule has 0 fully saturated rings. The molecule has 0 aliphatic heterocycles. The molecule has 2 nitrogen and oxygen atoms in total. The molecular formula is C11H26N2. The maximum absolute atomic E-state index is 5.95. The molecule has 0 bridgehead atoms. The van der Waals surface area contributed by atoms with E-state index in [1.165, 1.54) is 6.42 Å². The molecule has 1 atom stereocenters. The van der Waals surface area contributed by atoms with Crippen LogP contribution in [0.4, 0.5) is 0 Å². The summed E-state index contributed by atoms with van der Waals surface area (Å²) in [6.45, 7) is 13.2. The molecule has 0 rings (SSSR count). The van der Waals surface area contributed by atoms with Crippen molar-refractivity contribution in [3.63, 3.8) is 0 Å². The molecule has 0 aromatic carbocycles. The Hall–Kier alpha value is -0.0800. The summed E-state index contributed by atoms with van der Waals surface area (Å²) in [5, 5.41) is 0. The quantitative estimate of drug-likeness (QED) is 0.689. The Morgan fingerprint density at radius 3 is 2.15 bits per heavy atom. The first-order valence-corrected chi connectivity index (χ1v) is 5.43. The first-order valence-electron chi connectivity index (χ1n) is 5.43. The van der Waals surface area contributed by atoms with Crippen molar-refractivity contribution in [1.82, 2.24) is 4.90 Å². The molecule has 0 aliphatic rings. The summed E-state index contributed by atoms with van der Waals surface area (Å²) in [5.41, 5.74) is 5.93. The van der Waals surface area contributed by atoms with Gasteiger partial charge < -0.3 is 10.6 Å². The van der Waals surface area contributed by atoms with E-state index in [1.54, 1.807) is 0 Å². The van der Waals surface area contributed by atoms with Crippen LogP contribution < -0.4 is 5.73 Å². The Bertz CT molecular complexity index is 127. The lowest BCUT2D eigenvalue weighted by molar-refractivity contribution is 0.197. The van der Waals surface area contributed by atoms with Gasteiger partial charge in [0.1, 0.15) is 0 Å². The maximum Gasteiger partial charge on any atom is 0.0109 e. The van der Waals surface area contributed by atoms with E-state index in [-0.39, 0.29) is 5.54 Å². The molecule has 0 aliphatic carbocycles. The van der Waals surface area contributed by atoms with Crippen molar-refractivity contribution < 1.29 is 0 Å². The van der Waals surface area contributed by atoms with E-state index in [1.807, 2.05) is 0 Å². The van der Waals surface area contributed by atoms with Crippen LogP contribution in [0.3, 0.4) is 0 Å². The van der Waals surface area contributed by atoms with Gasteiger partial charge in [-0.05, 0) is 40.2 Å². The second-order valence-corrected chi connectivity index (χ2v) is 4.62. The highest BCUT2D eigenvalue weighted by atomic mass is 15.1. The molecule has 0 aromatic rings. The van der Waals surface area contributed by atoms with E-state index >= 15 is 0 Å². The molecule has 80 valence electrons. The van der Waals surface area contributed by atoms with Gasteiger partial charge in [-0.2, -0.15) is 0 Å². The van der Waals surface area contributed by atoms with Crippen LogP contribution in [-0.4, -0.2) is 29.6 Å². The first-order chi connectivity index (χ1) is 5.90. The van der Waals surface area contributed by atoms with E-state index in [9.17, 15) is 0 Å². The Balaban J connectivity index is 3.85. The predicted octanol–water partition coefficient (Wildman–Crippen LogP) is 2.23. The largest absolute Gasteiger partial charge is 0.326 e. The van der Waals surface area contributed by atoms with Crippen LogP contribution in [0.5, 0.6) is 0 Å². The van der Waals surface area contributed by atoms with Gasteiger partial charge in [0.2, 0.25) is 0 Å². The van der Waals surface area contributed by atoms with Crippen LogP contribution in [-0.2, 0) is 0 Å². The fraction of sp³-hybridized carbons (Fsp3) is 1.00. The third-order valence-corrected chi connectivity index (χ3v) is 2.66. The van der Waals surface area contributed by atoms with Gasteiger partial charge in [-0.1, -0.05) is 13.8 Å². The van der Waals surface area contributed by atoms with Crippen molar-refractivity contribution in [3.8, 4) is 0 Å². The summed E-state index contributed by atoms with van der Waals surface area (Å²) in [6.07, 6.45) is 2.30. The van der Waals surface area contributed by atoms with Crippen LogP contribution in [0.15, 0.2) is 0 Å². The lowest BCUT2D eigenvalue weighted by Gasteiger charge is -2.30. The third kappa shape index (κ3) is 6.05. The molecule has 0 radical (unpaired) electrons. The van der Waals surface area contributed by atoms with Crippen LogP contribution >= 0.6 is 0 Å². The molecule has 0 saturated heterocycles. The maximum atomic E-state index is 5.95. The summed E-state index contributed by atoms with van der Waals surface area (Å²) in [6, 6.07) is 0.687. The minimum absolute atomic E-state index is 0.0269. The molecule has 2 heteroatoms. The normalized spacial score (nSPS) is 15.0. The summed E-state index contributed by atoms with van der Waals surface area (Å²) in [4.78, 5) is 2.49. The van der Waals surface area contributed by atoms with E-state index in [4.69, 9.17) is 5.73 Å². The van der Waals surface area contributed by atoms with Crippen molar-refractivity contribution in [1.29, 1.82) is 0 Å². The van der Waals surface area contributed by atoms with Crippen molar-refractivity contribution in [2.45, 2.75) is 59.0 Å². The molecule has 0 spiro atoms. The molecule has 0 heterocycles. The van der Waals surface area contributed by atoms with Gasteiger partial charge in [0.05, 0.1) is 0 Å². The van der Waals surface area contributed by atoms with E-state index in [0.29, 0.717) is 6.04 Å². The lowest BCUT2D eigenvalue weighted by Crippen LogP contribution is -2.40. The standard InChI is InChI=1S/C11H26N2/c1-6-10(3)13(7-2)9-8-11(4,5)12/h10H,6-9,12H2,1-5H3. The van der Waals surface area contributed by atoms with Gasteiger partial charge in [0.25, 0.3) is 0 Å². The Labute approximate surface area is 83.5 Å². The molecule has 0 aromatic heterocycles. The summed E-state index contributed by atoms with van der Waals surface area (Å²) < 4.78 is 0. The number of nitrogens with zero attached hydrogens (tertiary/aromatic N) is 1. The predicted molar refractivity (Wildman–Crippen MR) is 59.9 cm³/mol. The van der Waals surface area contributed by atoms with Crippen LogP contribution in [0.1, 0.15) is 47.5 Å². The fourth-order valence-corrected chi connectivity index (χ4v) is 1.38. The Kier molecular flexibility index (Phi) is 5.57. The molecule has 1 unspecified atom stereocenters. The molecule has 13 heavy (non-hydrogen) atoms. The molecule has 2 N–H and O–H groups in total. The zero-order valence-corrected chi connectivity index (χ0v) is 9.93. The highest BCUT2D eigenvalue weighted by molar-refractivity contribution is 4.75. The van der Waals surface area contributed by atoms with Crippen LogP contribution in [0, 0.1) is 0 Å². The smallest absolute Gasteiger partial charge is 0.0109 e. The van der Waals surface area contributed by atoms with E-state index in [0.717, 1.165) is 19.5 Å². The average molecular weight is 186 g/mol. The SMILES string of the molecule is CCC(C)N(CC)CCC(C)(C)N. The zero-order valence-electron chi connectivity index (χ0n) is 9.93. The number of nitrogens with two attached hydrogens (primary N) is 1. The van der Waals surface area contributed by atoms with Crippen molar-refractivity contribution in [3.05, 3.63) is 0 Å². The molecular weight excluding hydrogens is 160 g/mol. The first kappa shape index (κ1) is 12.9. The summed E-state index contributed by atoms with van der Waals surface area (Å²) >= 11 is 0. The summed E-state index contributed by atoms with van der Waals surface area (Å²) in [5.74, 6) is 0.